The lowest BCUT2D eigenvalue weighted by molar-refractivity contribution is 0.101. The number of nitrogens with two attached hydrogens (primary N) is 1. The zero-order valence-corrected chi connectivity index (χ0v) is 19.7. The van der Waals surface area contributed by atoms with Gasteiger partial charge in [-0.1, -0.05) is 0 Å². The minimum atomic E-state index is -4.07. The molecule has 0 saturated heterocycles. The van der Waals surface area contributed by atoms with Crippen molar-refractivity contribution >= 4 is 39.1 Å². The van der Waals surface area contributed by atoms with Gasteiger partial charge >= 0.3 is 10.3 Å². The quantitative estimate of drug-likeness (QED) is 0.335. The van der Waals surface area contributed by atoms with E-state index in [4.69, 9.17) is 21.2 Å². The minimum Gasteiger partial charge on any atom is -0.449 e. The van der Waals surface area contributed by atoms with E-state index in [0.29, 0.717) is 40.7 Å². The molecular formula is C20H23ClN4O6S2. The fourth-order valence-electron chi connectivity index (χ4n) is 3.87. The van der Waals surface area contributed by atoms with Gasteiger partial charge in [0, 0.05) is 35.0 Å². The number of hydrogen-bond acceptors (Lipinski definition) is 10. The van der Waals surface area contributed by atoms with Gasteiger partial charge in [-0.3, -0.25) is 4.18 Å². The molecule has 0 bridgehead atoms. The number of halogens is 1. The predicted molar refractivity (Wildman–Crippen MR) is 122 cm³/mol. The van der Waals surface area contributed by atoms with Crippen molar-refractivity contribution in [2.75, 3.05) is 11.9 Å². The van der Waals surface area contributed by atoms with Gasteiger partial charge in [0.15, 0.2) is 5.22 Å². The van der Waals surface area contributed by atoms with Crippen LogP contribution in [0.15, 0.2) is 40.5 Å². The molecule has 5 N–H and O–H groups in total. The van der Waals surface area contributed by atoms with E-state index in [9.17, 15) is 18.6 Å². The van der Waals surface area contributed by atoms with Crippen molar-refractivity contribution in [3.05, 3.63) is 63.1 Å². The zero-order chi connectivity index (χ0) is 23.6. The second-order valence-corrected chi connectivity index (χ2v) is 10.4. The summed E-state index contributed by atoms with van der Waals surface area (Å²) >= 11 is 7.23. The van der Waals surface area contributed by atoms with E-state index >= 15 is 0 Å². The lowest BCUT2D eigenvalue weighted by Crippen LogP contribution is -2.24. The maximum atomic E-state index is 11.0. The summed E-state index contributed by atoms with van der Waals surface area (Å²) in [5, 5.41) is 31.6. The first-order chi connectivity index (χ1) is 15.7. The number of rotatable bonds is 9. The molecule has 0 aliphatic heterocycles. The Bertz CT molecular complexity index is 1200. The molecule has 1 fully saturated rings. The first-order valence-corrected chi connectivity index (χ1v) is 12.8. The molecule has 33 heavy (non-hydrogen) atoms. The SMILES string of the molecule is NS(=O)(=O)OC[C@H]1C[C@@H](Nc2ncncc2C(O)c2cc(Cc3ccc(Cl)o3)cs2)C[C@@H]1O. The highest BCUT2D eigenvalue weighted by molar-refractivity contribution is 7.84. The lowest BCUT2D eigenvalue weighted by Gasteiger charge is -2.18. The molecule has 0 spiro atoms. The maximum absolute atomic E-state index is 11.0. The molecule has 3 aromatic heterocycles. The van der Waals surface area contributed by atoms with Crippen molar-refractivity contribution in [1.29, 1.82) is 0 Å². The summed E-state index contributed by atoms with van der Waals surface area (Å²) in [6.07, 6.45) is 2.56. The molecule has 10 nitrogen and oxygen atoms in total. The molecule has 1 aliphatic carbocycles. The Kier molecular flexibility index (Phi) is 7.34. The summed E-state index contributed by atoms with van der Waals surface area (Å²) in [6.45, 7) is -0.198. The number of furan rings is 1. The summed E-state index contributed by atoms with van der Waals surface area (Å²) in [7, 11) is -4.07. The summed E-state index contributed by atoms with van der Waals surface area (Å²) in [5.41, 5.74) is 1.47. The topological polar surface area (TPSA) is 161 Å². The standard InChI is InChI=1S/C20H23ClN4O6S2/c21-18-2-1-14(31-18)3-11-4-17(32-9-11)19(27)15-7-23-10-24-20(15)25-13-5-12(16(26)6-13)8-30-33(22,28)29/h1-2,4,7,9-10,12-13,16,19,26-27H,3,5-6,8H2,(H2,22,28,29)(H,23,24,25)/t12-,13-,16+,19?/m1/s1. The van der Waals surface area contributed by atoms with Crippen molar-refractivity contribution in [2.24, 2.45) is 11.1 Å². The molecule has 1 aliphatic rings. The summed E-state index contributed by atoms with van der Waals surface area (Å²) < 4.78 is 32.1. The van der Waals surface area contributed by atoms with Crippen LogP contribution in [-0.4, -0.2) is 47.4 Å². The first kappa shape index (κ1) is 24.1. The molecule has 0 radical (unpaired) electrons. The third-order valence-electron chi connectivity index (χ3n) is 5.43. The Morgan fingerprint density at radius 3 is 2.94 bits per heavy atom. The van der Waals surface area contributed by atoms with Crippen LogP contribution in [0.2, 0.25) is 5.22 Å². The number of nitrogens with one attached hydrogen (secondary N) is 1. The van der Waals surface area contributed by atoms with Crippen LogP contribution < -0.4 is 10.5 Å². The second-order valence-electron chi connectivity index (χ2n) is 7.89. The largest absolute Gasteiger partial charge is 0.449 e. The third-order valence-corrected chi connectivity index (χ3v) is 7.13. The van der Waals surface area contributed by atoms with Gasteiger partial charge in [0.05, 0.1) is 12.7 Å². The van der Waals surface area contributed by atoms with Gasteiger partial charge in [-0.15, -0.1) is 11.3 Å². The highest BCUT2D eigenvalue weighted by atomic mass is 35.5. The molecule has 0 aromatic carbocycles. The monoisotopic (exact) mass is 514 g/mol. The molecule has 0 amide bonds. The smallest absolute Gasteiger partial charge is 0.333 e. The van der Waals surface area contributed by atoms with Crippen molar-refractivity contribution in [3.8, 4) is 0 Å². The van der Waals surface area contributed by atoms with Crippen LogP contribution >= 0.6 is 22.9 Å². The van der Waals surface area contributed by atoms with Crippen LogP contribution in [0.4, 0.5) is 5.82 Å². The van der Waals surface area contributed by atoms with Crippen LogP contribution in [0.5, 0.6) is 0 Å². The number of hydrogen-bond donors (Lipinski definition) is 4. The van der Waals surface area contributed by atoms with Gasteiger partial charge in [0.1, 0.15) is 24.0 Å². The predicted octanol–water partition coefficient (Wildman–Crippen LogP) is 2.23. The van der Waals surface area contributed by atoms with Crippen molar-refractivity contribution in [1.82, 2.24) is 9.97 Å². The van der Waals surface area contributed by atoms with Crippen molar-refractivity contribution < 1.29 is 27.2 Å². The minimum absolute atomic E-state index is 0.197. The number of aliphatic hydroxyl groups excluding tert-OH is 2. The highest BCUT2D eigenvalue weighted by Gasteiger charge is 2.34. The Balaban J connectivity index is 1.43. The van der Waals surface area contributed by atoms with Gasteiger partial charge in [0.25, 0.3) is 0 Å². The summed E-state index contributed by atoms with van der Waals surface area (Å²) in [4.78, 5) is 9.02. The van der Waals surface area contributed by atoms with Crippen molar-refractivity contribution in [2.45, 2.75) is 37.5 Å². The molecule has 3 aromatic rings. The lowest BCUT2D eigenvalue weighted by atomic mass is 10.1. The van der Waals surface area contributed by atoms with Crippen LogP contribution in [0.1, 0.15) is 40.7 Å². The van der Waals surface area contributed by atoms with Crippen molar-refractivity contribution in [3.63, 3.8) is 0 Å². The Labute approximate surface area is 199 Å². The number of anilines is 1. The summed E-state index contributed by atoms with van der Waals surface area (Å²) in [6, 6.07) is 5.19. The summed E-state index contributed by atoms with van der Waals surface area (Å²) in [5.74, 6) is 0.770. The number of thiophene rings is 1. The molecule has 178 valence electrons. The molecule has 13 heteroatoms. The van der Waals surface area contributed by atoms with Gasteiger partial charge in [-0.25, -0.2) is 15.1 Å². The van der Waals surface area contributed by atoms with Gasteiger partial charge in [-0.2, -0.15) is 8.42 Å². The van der Waals surface area contributed by atoms with E-state index in [1.165, 1.54) is 17.7 Å². The Hall–Kier alpha value is -2.06. The van der Waals surface area contributed by atoms with E-state index in [-0.39, 0.29) is 12.6 Å². The van der Waals surface area contributed by atoms with E-state index in [1.807, 2.05) is 11.4 Å². The van der Waals surface area contributed by atoms with Crippen LogP contribution in [-0.2, 0) is 20.9 Å². The maximum Gasteiger partial charge on any atom is 0.333 e. The van der Waals surface area contributed by atoms with Crippen LogP contribution in [0.25, 0.3) is 0 Å². The van der Waals surface area contributed by atoms with E-state index in [1.54, 1.807) is 18.3 Å². The van der Waals surface area contributed by atoms with Gasteiger partial charge in [0.2, 0.25) is 0 Å². The number of aromatic nitrogens is 2. The van der Waals surface area contributed by atoms with E-state index < -0.39 is 28.4 Å². The van der Waals surface area contributed by atoms with Crippen LogP contribution in [0.3, 0.4) is 0 Å². The molecule has 4 rings (SSSR count). The number of nitrogens with zero attached hydrogens (tertiary/aromatic N) is 2. The molecule has 1 saturated carbocycles. The molecular weight excluding hydrogens is 492 g/mol. The normalized spacial score (nSPS) is 21.9. The Morgan fingerprint density at radius 1 is 1.39 bits per heavy atom. The van der Waals surface area contributed by atoms with Crippen LogP contribution in [0, 0.1) is 5.92 Å². The molecule has 4 atom stereocenters. The van der Waals surface area contributed by atoms with Gasteiger partial charge < -0.3 is 19.9 Å². The molecule has 1 unspecified atom stereocenters. The second kappa shape index (κ2) is 10.1. The average molecular weight is 515 g/mol. The fraction of sp³-hybridized carbons (Fsp3) is 0.400. The van der Waals surface area contributed by atoms with E-state index in [0.717, 1.165) is 11.3 Å². The van der Waals surface area contributed by atoms with E-state index in [2.05, 4.69) is 19.5 Å². The fourth-order valence-corrected chi connectivity index (χ4v) is 5.31. The zero-order valence-electron chi connectivity index (χ0n) is 17.3. The molecule has 3 heterocycles. The third kappa shape index (κ3) is 6.29. The average Bonchev–Trinajstić information content (AvgIpc) is 3.47. The van der Waals surface area contributed by atoms with Gasteiger partial charge in [-0.05, 0) is 53.6 Å². The highest BCUT2D eigenvalue weighted by Crippen LogP contribution is 2.34. The number of aliphatic hydroxyl groups is 2. The first-order valence-electron chi connectivity index (χ1n) is 10.1. The Morgan fingerprint density at radius 2 is 2.21 bits per heavy atom.